The minimum Gasteiger partial charge on any atom is -0.444 e. The number of aliphatic hydroxyl groups is 1. The van der Waals surface area contributed by atoms with Crippen LogP contribution in [0.15, 0.2) is 60.7 Å². The molecule has 2 aromatic rings. The smallest absolute Gasteiger partial charge is 0.407 e. The lowest BCUT2D eigenvalue weighted by atomic mass is 9.96. The summed E-state index contributed by atoms with van der Waals surface area (Å²) in [6.45, 7) is 4.76. The molecule has 0 spiro atoms. The number of nitrogens with one attached hydrogen (secondary N) is 2. The molecule has 0 saturated heterocycles. The van der Waals surface area contributed by atoms with E-state index in [2.05, 4.69) is 10.6 Å². The second kappa shape index (κ2) is 10.3. The van der Waals surface area contributed by atoms with Crippen LogP contribution >= 0.6 is 0 Å². The summed E-state index contributed by atoms with van der Waals surface area (Å²) in [5.74, 6) is -5.78. The highest BCUT2D eigenvalue weighted by atomic mass is 19.3. The van der Waals surface area contributed by atoms with Gasteiger partial charge in [0.25, 0.3) is 5.91 Å². The molecule has 2 amide bonds. The Kier molecular flexibility index (Phi) is 8.10. The van der Waals surface area contributed by atoms with E-state index in [-0.39, 0.29) is 13.0 Å². The number of hydrogen-bond donors (Lipinski definition) is 3. The molecular weight excluding hydrogens is 406 g/mol. The Hall–Kier alpha value is -3.00. The summed E-state index contributed by atoms with van der Waals surface area (Å²) in [7, 11) is 0. The zero-order chi connectivity index (χ0) is 23.1. The van der Waals surface area contributed by atoms with E-state index >= 15 is 0 Å². The quantitative estimate of drug-likeness (QED) is 0.594. The van der Waals surface area contributed by atoms with Crippen molar-refractivity contribution in [3.63, 3.8) is 0 Å². The van der Waals surface area contributed by atoms with Gasteiger partial charge in [-0.05, 0) is 38.3 Å². The third-order valence-corrected chi connectivity index (χ3v) is 4.35. The fourth-order valence-electron chi connectivity index (χ4n) is 2.85. The third-order valence-electron chi connectivity index (χ3n) is 4.35. The first-order valence-corrected chi connectivity index (χ1v) is 9.90. The van der Waals surface area contributed by atoms with Crippen molar-refractivity contribution >= 4 is 12.0 Å². The van der Waals surface area contributed by atoms with Crippen molar-refractivity contribution in [2.75, 3.05) is 0 Å². The zero-order valence-corrected chi connectivity index (χ0v) is 17.8. The van der Waals surface area contributed by atoms with Gasteiger partial charge in [0, 0.05) is 6.54 Å². The fourth-order valence-corrected chi connectivity index (χ4v) is 2.85. The number of alkyl halides is 2. The normalized spacial score (nSPS) is 13.7. The van der Waals surface area contributed by atoms with Crippen molar-refractivity contribution in [1.29, 1.82) is 0 Å². The van der Waals surface area contributed by atoms with Gasteiger partial charge in [0.1, 0.15) is 11.7 Å². The summed E-state index contributed by atoms with van der Waals surface area (Å²) >= 11 is 0. The summed E-state index contributed by atoms with van der Waals surface area (Å²) in [6, 6.07) is 15.6. The maximum atomic E-state index is 14.8. The number of benzene rings is 2. The summed E-state index contributed by atoms with van der Waals surface area (Å²) in [5, 5.41) is 14.9. The van der Waals surface area contributed by atoms with Crippen LogP contribution in [0.3, 0.4) is 0 Å². The first kappa shape index (κ1) is 24.3. The Morgan fingerprint density at radius 3 is 2.00 bits per heavy atom. The molecule has 0 heterocycles. The lowest BCUT2D eigenvalue weighted by Crippen LogP contribution is -2.58. The van der Waals surface area contributed by atoms with Gasteiger partial charge >= 0.3 is 12.0 Å². The van der Waals surface area contributed by atoms with Crippen LogP contribution in [0.5, 0.6) is 0 Å². The number of rotatable bonds is 8. The molecular formula is C23H28F2N2O4. The number of hydrogen-bond acceptors (Lipinski definition) is 4. The van der Waals surface area contributed by atoms with E-state index in [4.69, 9.17) is 4.74 Å². The molecule has 6 nitrogen and oxygen atoms in total. The van der Waals surface area contributed by atoms with Gasteiger partial charge in [0.15, 0.2) is 0 Å². The van der Waals surface area contributed by atoms with Crippen LogP contribution < -0.4 is 10.6 Å². The number of aliphatic hydroxyl groups excluding tert-OH is 1. The first-order valence-electron chi connectivity index (χ1n) is 9.90. The molecule has 0 unspecified atom stereocenters. The van der Waals surface area contributed by atoms with E-state index in [0.29, 0.717) is 11.1 Å². The van der Waals surface area contributed by atoms with E-state index in [1.165, 1.54) is 0 Å². The van der Waals surface area contributed by atoms with Gasteiger partial charge in [0.05, 0.1) is 6.04 Å². The molecule has 168 valence electrons. The lowest BCUT2D eigenvalue weighted by Gasteiger charge is -2.30. The predicted molar refractivity (Wildman–Crippen MR) is 113 cm³/mol. The zero-order valence-electron chi connectivity index (χ0n) is 17.8. The number of amides is 2. The van der Waals surface area contributed by atoms with E-state index in [9.17, 15) is 23.5 Å². The molecule has 0 radical (unpaired) electrons. The number of halogens is 2. The molecule has 3 N–H and O–H groups in total. The van der Waals surface area contributed by atoms with Gasteiger partial charge < -0.3 is 20.5 Å². The number of carbonyl (C=O) groups is 2. The number of ether oxygens (including phenoxy) is 1. The van der Waals surface area contributed by atoms with Crippen LogP contribution in [0.2, 0.25) is 0 Å². The number of alkyl carbamates (subject to hydrolysis) is 1. The van der Waals surface area contributed by atoms with Gasteiger partial charge in [-0.3, -0.25) is 4.79 Å². The third kappa shape index (κ3) is 7.64. The van der Waals surface area contributed by atoms with Crippen LogP contribution in [0.25, 0.3) is 0 Å². The molecule has 2 aromatic carbocycles. The minimum atomic E-state index is -4.15. The van der Waals surface area contributed by atoms with Crippen LogP contribution in [0, 0.1) is 0 Å². The molecule has 0 aliphatic carbocycles. The Bertz CT molecular complexity index is 855. The topological polar surface area (TPSA) is 87.7 Å². The van der Waals surface area contributed by atoms with Gasteiger partial charge in [-0.1, -0.05) is 60.7 Å². The minimum absolute atomic E-state index is 0.120. The molecule has 0 saturated carbocycles. The van der Waals surface area contributed by atoms with E-state index in [1.807, 2.05) is 0 Å². The number of carbonyl (C=O) groups excluding carboxylic acids is 2. The van der Waals surface area contributed by atoms with Gasteiger partial charge in [-0.15, -0.1) is 0 Å². The fraction of sp³-hybridized carbons (Fsp3) is 0.391. The molecule has 2 rings (SSSR count). The summed E-state index contributed by atoms with van der Waals surface area (Å²) < 4.78 is 34.7. The van der Waals surface area contributed by atoms with Gasteiger partial charge in [-0.2, -0.15) is 8.78 Å². The second-order valence-electron chi connectivity index (χ2n) is 8.18. The van der Waals surface area contributed by atoms with Crippen molar-refractivity contribution in [1.82, 2.24) is 10.6 Å². The summed E-state index contributed by atoms with van der Waals surface area (Å²) in [5.41, 5.74) is 0.374. The van der Waals surface area contributed by atoms with Crippen LogP contribution in [0.4, 0.5) is 13.6 Å². The van der Waals surface area contributed by atoms with Crippen molar-refractivity contribution in [3.05, 3.63) is 71.8 Å². The molecule has 0 aromatic heterocycles. The second-order valence-corrected chi connectivity index (χ2v) is 8.18. The highest BCUT2D eigenvalue weighted by molar-refractivity contribution is 5.84. The first-order chi connectivity index (χ1) is 14.5. The molecule has 0 bridgehead atoms. The standard InChI is InChI=1S/C23H28F2N2O4/c1-22(2,3)31-21(30)27-18(14-16-10-6-4-7-11-16)19(28)23(24,25)20(29)26-15-17-12-8-5-9-13-17/h4-13,18-19,28H,14-15H2,1-3H3,(H,26,29)(H,27,30)/t18-,19+/m0/s1. The summed E-state index contributed by atoms with van der Waals surface area (Å²) in [4.78, 5) is 24.4. The Balaban J connectivity index is 2.15. The maximum Gasteiger partial charge on any atom is 0.407 e. The molecule has 31 heavy (non-hydrogen) atoms. The van der Waals surface area contributed by atoms with Gasteiger partial charge in [-0.25, -0.2) is 4.79 Å². The molecule has 8 heteroatoms. The van der Waals surface area contributed by atoms with Crippen LogP contribution in [-0.2, 0) is 22.5 Å². The molecule has 0 aliphatic heterocycles. The highest BCUT2D eigenvalue weighted by Crippen LogP contribution is 2.24. The van der Waals surface area contributed by atoms with Crippen molar-refractivity contribution < 1.29 is 28.2 Å². The largest absolute Gasteiger partial charge is 0.444 e. The van der Waals surface area contributed by atoms with E-state index < -0.39 is 35.7 Å². The predicted octanol–water partition coefficient (Wildman–Crippen LogP) is 3.44. The lowest BCUT2D eigenvalue weighted by molar-refractivity contribution is -0.167. The van der Waals surface area contributed by atoms with E-state index in [1.54, 1.807) is 81.4 Å². The van der Waals surface area contributed by atoms with Crippen molar-refractivity contribution in [2.24, 2.45) is 0 Å². The van der Waals surface area contributed by atoms with Crippen molar-refractivity contribution in [3.8, 4) is 0 Å². The van der Waals surface area contributed by atoms with E-state index in [0.717, 1.165) is 0 Å². The summed E-state index contributed by atoms with van der Waals surface area (Å²) in [6.07, 6.45) is -3.56. The maximum absolute atomic E-state index is 14.8. The SMILES string of the molecule is CC(C)(C)OC(=O)N[C@@H](Cc1ccccc1)[C@@H](O)C(F)(F)C(=O)NCc1ccccc1. The average molecular weight is 434 g/mol. The monoisotopic (exact) mass is 434 g/mol. The average Bonchev–Trinajstić information content (AvgIpc) is 2.71. The Morgan fingerprint density at radius 1 is 0.968 bits per heavy atom. The van der Waals surface area contributed by atoms with Crippen LogP contribution in [0.1, 0.15) is 31.9 Å². The van der Waals surface area contributed by atoms with Gasteiger partial charge in [0.2, 0.25) is 0 Å². The van der Waals surface area contributed by atoms with Crippen LogP contribution in [-0.4, -0.2) is 40.8 Å². The molecule has 2 atom stereocenters. The Labute approximate surface area is 180 Å². The molecule has 0 aliphatic rings. The van der Waals surface area contributed by atoms with Crippen molar-refractivity contribution in [2.45, 2.75) is 57.4 Å². The highest BCUT2D eigenvalue weighted by Gasteiger charge is 2.50. The molecule has 0 fully saturated rings. The Morgan fingerprint density at radius 2 is 1.48 bits per heavy atom.